The van der Waals surface area contributed by atoms with Crippen LogP contribution >= 0.6 is 11.6 Å². The van der Waals surface area contributed by atoms with Gasteiger partial charge in [0.2, 0.25) is 0 Å². The Morgan fingerprint density at radius 2 is 2.24 bits per heavy atom. The maximum Gasteiger partial charge on any atom is 0.141 e. The van der Waals surface area contributed by atoms with Gasteiger partial charge in [0.25, 0.3) is 0 Å². The van der Waals surface area contributed by atoms with Gasteiger partial charge in [0, 0.05) is 24.5 Å². The summed E-state index contributed by atoms with van der Waals surface area (Å²) in [5.41, 5.74) is 0.790. The number of rotatable bonds is 3. The number of halogens is 2. The molecule has 0 spiro atoms. The van der Waals surface area contributed by atoms with E-state index in [1.54, 1.807) is 12.3 Å². The van der Waals surface area contributed by atoms with Crippen LogP contribution in [0.5, 0.6) is 0 Å². The van der Waals surface area contributed by atoms with E-state index in [0.29, 0.717) is 5.02 Å². The molecule has 17 heavy (non-hydrogen) atoms. The van der Waals surface area contributed by atoms with Gasteiger partial charge in [-0.1, -0.05) is 11.6 Å². The van der Waals surface area contributed by atoms with Crippen LogP contribution in [0.3, 0.4) is 0 Å². The monoisotopic (exact) mass is 250 g/mol. The molecule has 2 aromatic rings. The normalized spacial score (nSPS) is 15.2. The van der Waals surface area contributed by atoms with Crippen molar-refractivity contribution in [1.29, 1.82) is 0 Å². The van der Waals surface area contributed by atoms with Crippen LogP contribution in [0.15, 0.2) is 30.6 Å². The molecule has 0 unspecified atom stereocenters. The minimum absolute atomic E-state index is 0.320. The van der Waals surface area contributed by atoms with Gasteiger partial charge in [-0.05, 0) is 37.0 Å². The molecule has 2 nitrogen and oxygen atoms in total. The van der Waals surface area contributed by atoms with Crippen LogP contribution in [-0.2, 0) is 6.54 Å². The summed E-state index contributed by atoms with van der Waals surface area (Å²) in [6, 6.07) is 4.42. The molecule has 3 rings (SSSR count). The first-order valence-corrected chi connectivity index (χ1v) is 6.08. The largest absolute Gasteiger partial charge is 0.331 e. The molecule has 0 aliphatic heterocycles. The van der Waals surface area contributed by atoms with Gasteiger partial charge in [-0.15, -0.1) is 0 Å². The molecule has 1 aliphatic rings. The Morgan fingerprint density at radius 1 is 1.41 bits per heavy atom. The number of imidazole rings is 1. The molecule has 0 N–H and O–H groups in total. The zero-order valence-corrected chi connectivity index (χ0v) is 9.99. The lowest BCUT2D eigenvalue weighted by atomic mass is 10.2. The predicted octanol–water partition coefficient (Wildman–Crippen LogP) is 3.75. The molecule has 0 radical (unpaired) electrons. The van der Waals surface area contributed by atoms with Crippen LogP contribution < -0.4 is 0 Å². The summed E-state index contributed by atoms with van der Waals surface area (Å²) >= 11 is 6.05. The SMILES string of the molecule is Fc1ccc(-c2nccn2CC2CC2)c(Cl)c1. The maximum absolute atomic E-state index is 13.0. The summed E-state index contributed by atoms with van der Waals surface area (Å²) in [6.07, 6.45) is 6.29. The highest BCUT2D eigenvalue weighted by Crippen LogP contribution is 2.33. The molecular formula is C13H12ClFN2. The third kappa shape index (κ3) is 2.20. The second-order valence-electron chi connectivity index (χ2n) is 4.47. The topological polar surface area (TPSA) is 17.8 Å². The quantitative estimate of drug-likeness (QED) is 0.811. The molecule has 4 heteroatoms. The molecule has 0 amide bonds. The minimum atomic E-state index is -0.320. The molecule has 1 aromatic carbocycles. The molecule has 1 fully saturated rings. The van der Waals surface area contributed by atoms with Crippen LogP contribution in [0.1, 0.15) is 12.8 Å². The van der Waals surface area contributed by atoms with Crippen LogP contribution in [0.25, 0.3) is 11.4 Å². The van der Waals surface area contributed by atoms with Crippen molar-refractivity contribution < 1.29 is 4.39 Å². The van der Waals surface area contributed by atoms with Crippen molar-refractivity contribution in [2.24, 2.45) is 5.92 Å². The van der Waals surface area contributed by atoms with Crippen molar-refractivity contribution in [2.75, 3.05) is 0 Å². The second kappa shape index (κ2) is 4.15. The predicted molar refractivity (Wildman–Crippen MR) is 65.4 cm³/mol. The fourth-order valence-corrected chi connectivity index (χ4v) is 2.20. The lowest BCUT2D eigenvalue weighted by Gasteiger charge is -2.08. The third-order valence-electron chi connectivity index (χ3n) is 3.04. The fourth-order valence-electron chi connectivity index (χ4n) is 1.95. The number of nitrogens with zero attached hydrogens (tertiary/aromatic N) is 2. The average molecular weight is 251 g/mol. The van der Waals surface area contributed by atoms with E-state index in [-0.39, 0.29) is 5.82 Å². The molecule has 1 heterocycles. The first-order valence-electron chi connectivity index (χ1n) is 5.70. The third-order valence-corrected chi connectivity index (χ3v) is 3.35. The summed E-state index contributed by atoms with van der Waals surface area (Å²) in [5.74, 6) is 1.27. The number of aromatic nitrogens is 2. The van der Waals surface area contributed by atoms with Crippen molar-refractivity contribution in [1.82, 2.24) is 9.55 Å². The van der Waals surface area contributed by atoms with E-state index >= 15 is 0 Å². The number of hydrogen-bond acceptors (Lipinski definition) is 1. The fraction of sp³-hybridized carbons (Fsp3) is 0.308. The van der Waals surface area contributed by atoms with Gasteiger partial charge < -0.3 is 4.57 Å². The Hall–Kier alpha value is -1.35. The van der Waals surface area contributed by atoms with Gasteiger partial charge >= 0.3 is 0 Å². The van der Waals surface area contributed by atoms with Gasteiger partial charge in [-0.3, -0.25) is 0 Å². The van der Waals surface area contributed by atoms with Crippen molar-refractivity contribution in [3.05, 3.63) is 41.4 Å². The van der Waals surface area contributed by atoms with Gasteiger partial charge in [0.05, 0.1) is 5.02 Å². The molecule has 88 valence electrons. The molecule has 0 bridgehead atoms. The van der Waals surface area contributed by atoms with Gasteiger partial charge in [-0.2, -0.15) is 0 Å². The van der Waals surface area contributed by atoms with E-state index in [1.807, 2.05) is 6.20 Å². The smallest absolute Gasteiger partial charge is 0.141 e. The summed E-state index contributed by atoms with van der Waals surface area (Å²) in [6.45, 7) is 0.975. The Balaban J connectivity index is 1.99. The highest BCUT2D eigenvalue weighted by atomic mass is 35.5. The highest BCUT2D eigenvalue weighted by Gasteiger charge is 2.23. The Labute approximate surface area is 104 Å². The van der Waals surface area contributed by atoms with E-state index < -0.39 is 0 Å². The van der Waals surface area contributed by atoms with Gasteiger partial charge in [0.1, 0.15) is 11.6 Å². The maximum atomic E-state index is 13.0. The van der Waals surface area contributed by atoms with Gasteiger partial charge in [-0.25, -0.2) is 9.37 Å². The van der Waals surface area contributed by atoms with Gasteiger partial charge in [0.15, 0.2) is 0 Å². The van der Waals surface area contributed by atoms with E-state index in [0.717, 1.165) is 23.9 Å². The van der Waals surface area contributed by atoms with E-state index in [9.17, 15) is 4.39 Å². The lowest BCUT2D eigenvalue weighted by molar-refractivity contribution is 0.625. The van der Waals surface area contributed by atoms with Crippen LogP contribution in [-0.4, -0.2) is 9.55 Å². The van der Waals surface area contributed by atoms with E-state index in [2.05, 4.69) is 9.55 Å². The standard InChI is InChI=1S/C13H12ClFN2/c14-12-7-10(15)3-4-11(12)13-16-5-6-17(13)8-9-1-2-9/h3-7,9H,1-2,8H2. The van der Waals surface area contributed by atoms with E-state index in [1.165, 1.54) is 25.0 Å². The first-order chi connectivity index (χ1) is 8.24. The number of hydrogen-bond donors (Lipinski definition) is 0. The second-order valence-corrected chi connectivity index (χ2v) is 4.88. The van der Waals surface area contributed by atoms with Crippen molar-refractivity contribution >= 4 is 11.6 Å². The molecule has 1 aliphatic carbocycles. The molecule has 1 aromatic heterocycles. The Morgan fingerprint density at radius 3 is 2.94 bits per heavy atom. The number of benzene rings is 1. The summed E-state index contributed by atoms with van der Waals surface area (Å²) in [4.78, 5) is 4.31. The average Bonchev–Trinajstić information content (AvgIpc) is 2.97. The molecule has 0 atom stereocenters. The van der Waals surface area contributed by atoms with Crippen LogP contribution in [0, 0.1) is 11.7 Å². The summed E-state index contributed by atoms with van der Waals surface area (Å²) < 4.78 is 15.1. The molecule has 1 saturated carbocycles. The van der Waals surface area contributed by atoms with Crippen molar-refractivity contribution in [3.8, 4) is 11.4 Å². The van der Waals surface area contributed by atoms with Crippen LogP contribution in [0.4, 0.5) is 4.39 Å². The molecule has 0 saturated heterocycles. The minimum Gasteiger partial charge on any atom is -0.331 e. The zero-order valence-electron chi connectivity index (χ0n) is 9.24. The highest BCUT2D eigenvalue weighted by molar-refractivity contribution is 6.33. The lowest BCUT2D eigenvalue weighted by Crippen LogP contribution is -2.01. The van der Waals surface area contributed by atoms with E-state index in [4.69, 9.17) is 11.6 Å². The zero-order chi connectivity index (χ0) is 11.8. The van der Waals surface area contributed by atoms with Crippen molar-refractivity contribution in [2.45, 2.75) is 19.4 Å². The Kier molecular flexibility index (Phi) is 2.63. The Bertz CT molecular complexity index is 546. The summed E-state index contributed by atoms with van der Waals surface area (Å²) in [5, 5.41) is 0.410. The molecular weight excluding hydrogens is 239 g/mol. The van der Waals surface area contributed by atoms with Crippen molar-refractivity contribution in [3.63, 3.8) is 0 Å². The van der Waals surface area contributed by atoms with Crippen LogP contribution in [0.2, 0.25) is 5.02 Å². The first kappa shape index (κ1) is 10.8. The summed E-state index contributed by atoms with van der Waals surface area (Å²) in [7, 11) is 0.